The Balaban J connectivity index is 2.58. The van der Waals surface area contributed by atoms with Crippen LogP contribution < -0.4 is 10.9 Å². The number of nitrogens with zero attached hydrogens (tertiary/aromatic N) is 1. The summed E-state index contributed by atoms with van der Waals surface area (Å²) in [4.78, 5) is 12.2. The van der Waals surface area contributed by atoms with Crippen molar-refractivity contribution in [2.24, 2.45) is 7.05 Å². The van der Waals surface area contributed by atoms with Crippen molar-refractivity contribution in [2.75, 3.05) is 7.05 Å². The fourth-order valence-electron chi connectivity index (χ4n) is 1.98. The summed E-state index contributed by atoms with van der Waals surface area (Å²) in [5.74, 6) is 0. The Morgan fingerprint density at radius 2 is 1.95 bits per heavy atom. The molecule has 1 heterocycles. The highest BCUT2D eigenvalue weighted by Crippen LogP contribution is 2.29. The van der Waals surface area contributed by atoms with Crippen LogP contribution in [-0.2, 0) is 13.6 Å². The minimum atomic E-state index is -0.0298. The Labute approximate surface area is 121 Å². The van der Waals surface area contributed by atoms with Gasteiger partial charge in [0.25, 0.3) is 5.56 Å². The molecule has 2 rings (SSSR count). The van der Waals surface area contributed by atoms with Gasteiger partial charge in [-0.15, -0.1) is 0 Å². The molecule has 1 aromatic heterocycles. The van der Waals surface area contributed by atoms with Crippen LogP contribution >= 0.6 is 23.2 Å². The number of hydrogen-bond donors (Lipinski definition) is 1. The number of pyridine rings is 1. The smallest absolute Gasteiger partial charge is 0.255 e. The van der Waals surface area contributed by atoms with Gasteiger partial charge in [-0.25, -0.2) is 0 Å². The SMILES string of the molecule is CNCc1ccc(-c2ccc(Cl)cc2Cl)n(C)c1=O. The first kappa shape index (κ1) is 14.1. The molecule has 0 saturated carbocycles. The van der Waals surface area contributed by atoms with Gasteiger partial charge in [-0.05, 0) is 31.3 Å². The molecule has 1 N–H and O–H groups in total. The molecule has 0 amide bonds. The second-order valence-corrected chi connectivity index (χ2v) is 5.11. The van der Waals surface area contributed by atoms with E-state index in [4.69, 9.17) is 23.2 Å². The molecule has 0 radical (unpaired) electrons. The molecule has 0 aliphatic heterocycles. The van der Waals surface area contributed by atoms with Crippen LogP contribution in [0.2, 0.25) is 10.0 Å². The standard InChI is InChI=1S/C14H14Cl2N2O/c1-17-8-9-3-6-13(18(2)14(9)19)11-5-4-10(15)7-12(11)16/h3-7,17H,8H2,1-2H3. The lowest BCUT2D eigenvalue weighted by atomic mass is 10.1. The van der Waals surface area contributed by atoms with Crippen LogP contribution in [0.5, 0.6) is 0 Å². The number of halogens is 2. The van der Waals surface area contributed by atoms with Crippen molar-refractivity contribution in [3.05, 3.63) is 56.3 Å². The Morgan fingerprint density at radius 3 is 2.58 bits per heavy atom. The highest BCUT2D eigenvalue weighted by atomic mass is 35.5. The first-order chi connectivity index (χ1) is 9.04. The second-order valence-electron chi connectivity index (χ2n) is 4.26. The number of nitrogens with one attached hydrogen (secondary N) is 1. The van der Waals surface area contributed by atoms with Gasteiger partial charge in [0, 0.05) is 29.7 Å². The summed E-state index contributed by atoms with van der Waals surface area (Å²) >= 11 is 12.1. The summed E-state index contributed by atoms with van der Waals surface area (Å²) < 4.78 is 1.60. The lowest BCUT2D eigenvalue weighted by molar-refractivity contribution is 0.772. The highest BCUT2D eigenvalue weighted by molar-refractivity contribution is 6.36. The average molecular weight is 297 g/mol. The van der Waals surface area contributed by atoms with Crippen LogP contribution in [-0.4, -0.2) is 11.6 Å². The van der Waals surface area contributed by atoms with Crippen molar-refractivity contribution in [2.45, 2.75) is 6.54 Å². The Bertz CT molecular complexity index is 665. The predicted molar refractivity (Wildman–Crippen MR) is 79.9 cm³/mol. The maximum atomic E-state index is 12.2. The van der Waals surface area contributed by atoms with Gasteiger partial charge in [0.05, 0.1) is 10.7 Å². The number of hydrogen-bond acceptors (Lipinski definition) is 2. The molecule has 0 spiro atoms. The summed E-state index contributed by atoms with van der Waals surface area (Å²) in [5.41, 5.74) is 2.25. The Kier molecular flexibility index (Phi) is 4.30. The van der Waals surface area contributed by atoms with Crippen LogP contribution in [0, 0.1) is 0 Å². The zero-order valence-corrected chi connectivity index (χ0v) is 12.2. The largest absolute Gasteiger partial charge is 0.315 e. The zero-order valence-electron chi connectivity index (χ0n) is 10.7. The van der Waals surface area contributed by atoms with Crippen LogP contribution in [0.4, 0.5) is 0 Å². The van der Waals surface area contributed by atoms with E-state index in [1.54, 1.807) is 23.7 Å². The van der Waals surface area contributed by atoms with Crippen LogP contribution in [0.15, 0.2) is 35.1 Å². The van der Waals surface area contributed by atoms with Crippen molar-refractivity contribution in [1.29, 1.82) is 0 Å². The fraction of sp³-hybridized carbons (Fsp3) is 0.214. The van der Waals surface area contributed by atoms with Gasteiger partial charge in [-0.3, -0.25) is 4.79 Å². The van der Waals surface area contributed by atoms with E-state index in [2.05, 4.69) is 5.32 Å². The molecular weight excluding hydrogens is 283 g/mol. The molecule has 5 heteroatoms. The van der Waals surface area contributed by atoms with Crippen molar-refractivity contribution >= 4 is 23.2 Å². The molecule has 2 aromatic rings. The van der Waals surface area contributed by atoms with Crippen molar-refractivity contribution < 1.29 is 0 Å². The molecule has 0 saturated heterocycles. The summed E-state index contributed by atoms with van der Waals surface area (Å²) in [6.45, 7) is 0.543. The topological polar surface area (TPSA) is 34.0 Å². The number of aromatic nitrogens is 1. The van der Waals surface area contributed by atoms with E-state index < -0.39 is 0 Å². The summed E-state index contributed by atoms with van der Waals surface area (Å²) in [5, 5.41) is 4.08. The van der Waals surface area contributed by atoms with E-state index in [0.29, 0.717) is 16.6 Å². The zero-order chi connectivity index (χ0) is 14.0. The molecule has 0 aliphatic rings. The quantitative estimate of drug-likeness (QED) is 0.944. The molecular formula is C14H14Cl2N2O. The van der Waals surface area contributed by atoms with Gasteiger partial charge in [0.2, 0.25) is 0 Å². The van der Waals surface area contributed by atoms with Gasteiger partial charge in [0.15, 0.2) is 0 Å². The Hall–Kier alpha value is -1.29. The summed E-state index contributed by atoms with van der Waals surface area (Å²) in [7, 11) is 3.55. The normalized spacial score (nSPS) is 10.7. The van der Waals surface area contributed by atoms with Crippen LogP contribution in [0.3, 0.4) is 0 Å². The molecule has 0 fully saturated rings. The van der Waals surface area contributed by atoms with Gasteiger partial charge in [-0.2, -0.15) is 0 Å². The van der Waals surface area contributed by atoms with Gasteiger partial charge in [0.1, 0.15) is 0 Å². The average Bonchev–Trinajstić information content (AvgIpc) is 2.37. The Morgan fingerprint density at radius 1 is 1.21 bits per heavy atom. The van der Waals surface area contributed by atoms with E-state index in [-0.39, 0.29) is 5.56 Å². The van der Waals surface area contributed by atoms with Crippen LogP contribution in [0.1, 0.15) is 5.56 Å². The van der Waals surface area contributed by atoms with E-state index in [1.165, 1.54) is 0 Å². The highest BCUT2D eigenvalue weighted by Gasteiger charge is 2.10. The first-order valence-electron chi connectivity index (χ1n) is 5.83. The lowest BCUT2D eigenvalue weighted by Gasteiger charge is -2.12. The molecule has 100 valence electrons. The number of rotatable bonds is 3. The fourth-order valence-corrected chi connectivity index (χ4v) is 2.49. The van der Waals surface area contributed by atoms with Gasteiger partial charge >= 0.3 is 0 Å². The molecule has 3 nitrogen and oxygen atoms in total. The first-order valence-corrected chi connectivity index (χ1v) is 6.59. The van der Waals surface area contributed by atoms with Crippen molar-refractivity contribution in [3.8, 4) is 11.3 Å². The molecule has 0 bridgehead atoms. The van der Waals surface area contributed by atoms with Gasteiger partial charge < -0.3 is 9.88 Å². The number of benzene rings is 1. The van der Waals surface area contributed by atoms with E-state index in [0.717, 1.165) is 16.8 Å². The molecule has 1 aromatic carbocycles. The predicted octanol–water partition coefficient (Wildman–Crippen LogP) is 3.08. The maximum absolute atomic E-state index is 12.2. The minimum Gasteiger partial charge on any atom is -0.315 e. The van der Waals surface area contributed by atoms with Gasteiger partial charge in [-0.1, -0.05) is 29.3 Å². The monoisotopic (exact) mass is 296 g/mol. The third-order valence-electron chi connectivity index (χ3n) is 2.96. The lowest BCUT2D eigenvalue weighted by Crippen LogP contribution is -2.25. The molecule has 0 aliphatic carbocycles. The van der Waals surface area contributed by atoms with Crippen LogP contribution in [0.25, 0.3) is 11.3 Å². The minimum absolute atomic E-state index is 0.0298. The maximum Gasteiger partial charge on any atom is 0.255 e. The summed E-state index contributed by atoms with van der Waals surface area (Å²) in [6.07, 6.45) is 0. The van der Waals surface area contributed by atoms with E-state index in [1.807, 2.05) is 25.2 Å². The van der Waals surface area contributed by atoms with Crippen molar-refractivity contribution in [1.82, 2.24) is 9.88 Å². The van der Waals surface area contributed by atoms with Crippen molar-refractivity contribution in [3.63, 3.8) is 0 Å². The van der Waals surface area contributed by atoms with E-state index >= 15 is 0 Å². The molecule has 0 unspecified atom stereocenters. The third kappa shape index (κ3) is 2.84. The molecule has 0 atom stereocenters. The van der Waals surface area contributed by atoms with E-state index in [9.17, 15) is 4.79 Å². The summed E-state index contributed by atoms with van der Waals surface area (Å²) in [6, 6.07) is 8.96. The third-order valence-corrected chi connectivity index (χ3v) is 3.51. The molecule has 19 heavy (non-hydrogen) atoms. The second kappa shape index (κ2) is 5.78.